The summed E-state index contributed by atoms with van der Waals surface area (Å²) in [5.74, 6) is 0. The van der Waals surface area contributed by atoms with Crippen LogP contribution in [0.2, 0.25) is 0 Å². The zero-order valence-electron chi connectivity index (χ0n) is 4.15. The SMILES string of the molecule is C=C(B(O)O)B(O)O. The van der Waals surface area contributed by atoms with E-state index in [-0.39, 0.29) is 0 Å². The van der Waals surface area contributed by atoms with Crippen LogP contribution in [0.25, 0.3) is 0 Å². The van der Waals surface area contributed by atoms with Gasteiger partial charge >= 0.3 is 14.2 Å². The summed E-state index contributed by atoms with van der Waals surface area (Å²) in [6.45, 7) is 2.95. The zero-order chi connectivity index (χ0) is 6.73. The summed E-state index contributed by atoms with van der Waals surface area (Å²) in [4.78, 5) is 0. The smallest absolute Gasteiger partial charge is 0.424 e. The first-order valence-electron chi connectivity index (χ1n) is 1.96. The molecule has 0 unspecified atom stereocenters. The van der Waals surface area contributed by atoms with Crippen LogP contribution in [-0.4, -0.2) is 34.3 Å². The third kappa shape index (κ3) is 2.13. The zero-order valence-corrected chi connectivity index (χ0v) is 4.15. The van der Waals surface area contributed by atoms with Crippen molar-refractivity contribution < 1.29 is 20.1 Å². The highest BCUT2D eigenvalue weighted by molar-refractivity contribution is 6.74. The van der Waals surface area contributed by atoms with Crippen molar-refractivity contribution in [3.05, 3.63) is 12.0 Å². The molecule has 0 saturated carbocycles. The van der Waals surface area contributed by atoms with E-state index < -0.39 is 19.6 Å². The lowest BCUT2D eigenvalue weighted by Crippen LogP contribution is -2.28. The summed E-state index contributed by atoms with van der Waals surface area (Å²) in [6.07, 6.45) is 0. The molecule has 4 nitrogen and oxygen atoms in total. The Labute approximate surface area is 47.4 Å². The normalized spacial score (nSPS) is 8.50. The van der Waals surface area contributed by atoms with Crippen molar-refractivity contribution in [2.24, 2.45) is 0 Å². The van der Waals surface area contributed by atoms with E-state index in [1.807, 2.05) is 0 Å². The second kappa shape index (κ2) is 2.88. The van der Waals surface area contributed by atoms with Gasteiger partial charge in [-0.1, -0.05) is 0 Å². The van der Waals surface area contributed by atoms with Gasteiger partial charge in [0.05, 0.1) is 0 Å². The fraction of sp³-hybridized carbons (Fsp3) is 0. The van der Waals surface area contributed by atoms with Gasteiger partial charge in [-0.2, -0.15) is 0 Å². The van der Waals surface area contributed by atoms with E-state index in [0.717, 1.165) is 0 Å². The number of hydrogen-bond acceptors (Lipinski definition) is 4. The summed E-state index contributed by atoms with van der Waals surface area (Å²) >= 11 is 0. The van der Waals surface area contributed by atoms with E-state index in [0.29, 0.717) is 0 Å². The molecule has 0 heterocycles. The van der Waals surface area contributed by atoms with Crippen LogP contribution in [0.4, 0.5) is 0 Å². The quantitative estimate of drug-likeness (QED) is 0.302. The van der Waals surface area contributed by atoms with E-state index in [1.54, 1.807) is 0 Å². The summed E-state index contributed by atoms with van der Waals surface area (Å²) in [5, 5.41) is 32.1. The largest absolute Gasteiger partial charge is 0.479 e. The van der Waals surface area contributed by atoms with E-state index in [2.05, 4.69) is 6.58 Å². The Balaban J connectivity index is 3.65. The van der Waals surface area contributed by atoms with Crippen LogP contribution in [-0.2, 0) is 0 Å². The molecule has 0 atom stereocenters. The molecule has 0 aromatic carbocycles. The van der Waals surface area contributed by atoms with Crippen LogP contribution >= 0.6 is 0 Å². The molecule has 0 aliphatic carbocycles. The molecule has 44 valence electrons. The first-order valence-corrected chi connectivity index (χ1v) is 1.96. The van der Waals surface area contributed by atoms with Gasteiger partial charge in [0.1, 0.15) is 0 Å². The van der Waals surface area contributed by atoms with Crippen LogP contribution < -0.4 is 0 Å². The Morgan fingerprint density at radius 2 is 1.25 bits per heavy atom. The average molecular weight is 116 g/mol. The lowest BCUT2D eigenvalue weighted by atomic mass is 9.60. The Kier molecular flexibility index (Phi) is 2.78. The molecule has 0 spiro atoms. The first kappa shape index (κ1) is 7.71. The van der Waals surface area contributed by atoms with Gasteiger partial charge in [0, 0.05) is 0 Å². The monoisotopic (exact) mass is 116 g/mol. The maximum absolute atomic E-state index is 8.13. The third-order valence-electron chi connectivity index (χ3n) is 0.663. The summed E-state index contributed by atoms with van der Waals surface area (Å²) < 4.78 is 0. The summed E-state index contributed by atoms with van der Waals surface area (Å²) in [6, 6.07) is 0. The van der Waals surface area contributed by atoms with E-state index in [1.165, 1.54) is 0 Å². The lowest BCUT2D eigenvalue weighted by Gasteiger charge is -1.98. The third-order valence-corrected chi connectivity index (χ3v) is 0.663. The second-order valence-electron chi connectivity index (χ2n) is 1.32. The van der Waals surface area contributed by atoms with E-state index >= 15 is 0 Å². The van der Waals surface area contributed by atoms with Crippen LogP contribution in [0, 0.1) is 0 Å². The van der Waals surface area contributed by atoms with Gasteiger partial charge in [0.25, 0.3) is 0 Å². The molecule has 4 N–H and O–H groups in total. The molecule has 0 aromatic heterocycles. The van der Waals surface area contributed by atoms with Gasteiger partial charge in [0.2, 0.25) is 0 Å². The molecule has 0 aromatic rings. The molecular weight excluding hydrogens is 110 g/mol. The predicted molar refractivity (Wildman–Crippen MR) is 29.5 cm³/mol. The van der Waals surface area contributed by atoms with Crippen molar-refractivity contribution in [3.63, 3.8) is 0 Å². The molecule has 0 rings (SSSR count). The van der Waals surface area contributed by atoms with Gasteiger partial charge in [-0.15, -0.1) is 6.58 Å². The maximum atomic E-state index is 8.13. The average Bonchev–Trinajstić information content (AvgIpc) is 1.64. The molecule has 0 radical (unpaired) electrons. The van der Waals surface area contributed by atoms with Crippen molar-refractivity contribution >= 4 is 14.2 Å². The molecule has 0 saturated heterocycles. The van der Waals surface area contributed by atoms with E-state index in [9.17, 15) is 0 Å². The van der Waals surface area contributed by atoms with Crippen molar-refractivity contribution in [2.75, 3.05) is 0 Å². The van der Waals surface area contributed by atoms with Crippen LogP contribution in [0.5, 0.6) is 0 Å². The lowest BCUT2D eigenvalue weighted by molar-refractivity contribution is 0.399. The Hall–Kier alpha value is -0.290. The Morgan fingerprint density at radius 3 is 1.25 bits per heavy atom. The standard InChI is InChI=1S/C2H6B2O4/c1-2(3(5)6)4(7)8/h5-8H,1H2. The summed E-state index contributed by atoms with van der Waals surface area (Å²) in [7, 11) is -3.70. The molecule has 0 fully saturated rings. The molecule has 8 heavy (non-hydrogen) atoms. The minimum Gasteiger partial charge on any atom is -0.424 e. The summed E-state index contributed by atoms with van der Waals surface area (Å²) in [5.41, 5.74) is 0. The predicted octanol–water partition coefficient (Wildman–Crippen LogP) is -2.43. The fourth-order valence-electron chi connectivity index (χ4n) is 0.133. The molecule has 0 aliphatic rings. The minimum absolute atomic E-state index is 0.426. The van der Waals surface area contributed by atoms with Crippen molar-refractivity contribution in [1.82, 2.24) is 0 Å². The highest BCUT2D eigenvalue weighted by Gasteiger charge is 2.23. The highest BCUT2D eigenvalue weighted by atomic mass is 16.4. The van der Waals surface area contributed by atoms with Gasteiger partial charge < -0.3 is 20.1 Å². The molecular formula is C2H6B2O4. The van der Waals surface area contributed by atoms with Crippen molar-refractivity contribution in [1.29, 1.82) is 0 Å². The Morgan fingerprint density at radius 1 is 1.00 bits per heavy atom. The van der Waals surface area contributed by atoms with Gasteiger partial charge in [0.15, 0.2) is 0 Å². The number of hydrogen-bond donors (Lipinski definition) is 4. The number of rotatable bonds is 2. The van der Waals surface area contributed by atoms with Crippen molar-refractivity contribution in [2.45, 2.75) is 0 Å². The molecule has 0 bridgehead atoms. The first-order chi connectivity index (χ1) is 3.55. The van der Waals surface area contributed by atoms with Gasteiger partial charge in [-0.25, -0.2) is 0 Å². The topological polar surface area (TPSA) is 80.9 Å². The molecule has 0 aliphatic heterocycles. The maximum Gasteiger partial charge on any atom is 0.479 e. The second-order valence-corrected chi connectivity index (χ2v) is 1.32. The Bertz CT molecular complexity index is 80.0. The minimum atomic E-state index is -1.85. The highest BCUT2D eigenvalue weighted by Crippen LogP contribution is 1.91. The van der Waals surface area contributed by atoms with Crippen LogP contribution in [0.3, 0.4) is 0 Å². The fourth-order valence-corrected chi connectivity index (χ4v) is 0.133. The van der Waals surface area contributed by atoms with Gasteiger partial charge in [-0.3, -0.25) is 0 Å². The van der Waals surface area contributed by atoms with Crippen LogP contribution in [0.15, 0.2) is 12.0 Å². The van der Waals surface area contributed by atoms with Crippen molar-refractivity contribution in [3.8, 4) is 0 Å². The molecule has 0 amide bonds. The molecule has 6 heteroatoms. The van der Waals surface area contributed by atoms with Crippen LogP contribution in [0.1, 0.15) is 0 Å². The van der Waals surface area contributed by atoms with E-state index in [4.69, 9.17) is 20.1 Å². The van der Waals surface area contributed by atoms with Gasteiger partial charge in [-0.05, 0) is 5.37 Å².